The minimum atomic E-state index is 0.161. The SMILES string of the molecule is CCN(CC)C(COCC=C(C)CCC=C(CO)CCC=C(C)CCC=C(C)C)N(CC)CC. The Labute approximate surface area is 212 Å². The Hall–Kier alpha value is -1.20. The van der Waals surface area contributed by atoms with Crippen molar-refractivity contribution in [1.82, 2.24) is 9.80 Å². The lowest BCUT2D eigenvalue weighted by Crippen LogP contribution is -2.51. The van der Waals surface area contributed by atoms with Gasteiger partial charge in [0.15, 0.2) is 0 Å². The number of nitrogens with zero attached hydrogens (tertiary/aromatic N) is 2. The summed E-state index contributed by atoms with van der Waals surface area (Å²) >= 11 is 0. The third-order valence-corrected chi connectivity index (χ3v) is 6.51. The highest BCUT2D eigenvalue weighted by molar-refractivity contribution is 5.08. The second kappa shape index (κ2) is 21.1. The third-order valence-electron chi connectivity index (χ3n) is 6.51. The maximum absolute atomic E-state index is 9.72. The largest absolute Gasteiger partial charge is 0.392 e. The van der Waals surface area contributed by atoms with Gasteiger partial charge in [0, 0.05) is 0 Å². The van der Waals surface area contributed by atoms with Crippen molar-refractivity contribution in [2.45, 2.75) is 100 Å². The van der Waals surface area contributed by atoms with E-state index >= 15 is 0 Å². The lowest BCUT2D eigenvalue weighted by molar-refractivity contribution is -0.0114. The zero-order valence-corrected chi connectivity index (χ0v) is 23.8. The lowest BCUT2D eigenvalue weighted by Gasteiger charge is -2.37. The Balaban J connectivity index is 4.47. The van der Waals surface area contributed by atoms with E-state index in [2.05, 4.69) is 89.5 Å². The van der Waals surface area contributed by atoms with E-state index in [1.165, 1.54) is 16.7 Å². The first-order valence-electron chi connectivity index (χ1n) is 13.6. The van der Waals surface area contributed by atoms with Crippen LogP contribution in [-0.2, 0) is 4.74 Å². The number of rotatable bonds is 20. The molecular formula is C30H56N2O2. The molecule has 1 N–H and O–H groups in total. The molecule has 0 aliphatic rings. The molecule has 0 amide bonds. The van der Waals surface area contributed by atoms with E-state index in [1.807, 2.05) is 0 Å². The highest BCUT2D eigenvalue weighted by Gasteiger charge is 2.21. The summed E-state index contributed by atoms with van der Waals surface area (Å²) in [6.07, 6.45) is 15.6. The van der Waals surface area contributed by atoms with Crippen molar-refractivity contribution in [2.24, 2.45) is 0 Å². The van der Waals surface area contributed by atoms with Gasteiger partial charge in [-0.25, -0.2) is 0 Å². The second-order valence-electron chi connectivity index (χ2n) is 9.48. The van der Waals surface area contributed by atoms with Gasteiger partial charge in [0.25, 0.3) is 0 Å². The molecule has 0 heterocycles. The van der Waals surface area contributed by atoms with Crippen LogP contribution >= 0.6 is 0 Å². The quantitative estimate of drug-likeness (QED) is 0.115. The van der Waals surface area contributed by atoms with Crippen LogP contribution in [0.1, 0.15) is 93.9 Å². The molecule has 0 atom stereocenters. The maximum Gasteiger partial charge on any atom is 0.0863 e. The molecule has 198 valence electrons. The van der Waals surface area contributed by atoms with Crippen LogP contribution in [-0.4, -0.2) is 67.1 Å². The molecule has 0 aromatic carbocycles. The van der Waals surface area contributed by atoms with Crippen LogP contribution in [0.25, 0.3) is 0 Å². The molecule has 0 bridgehead atoms. The molecule has 0 rings (SSSR count). The van der Waals surface area contributed by atoms with Crippen molar-refractivity contribution in [3.05, 3.63) is 46.6 Å². The summed E-state index contributed by atoms with van der Waals surface area (Å²) in [5.74, 6) is 0. The molecule has 4 heteroatoms. The lowest BCUT2D eigenvalue weighted by atomic mass is 10.0. The average molecular weight is 477 g/mol. The predicted molar refractivity (Wildman–Crippen MR) is 150 cm³/mol. The number of hydrogen-bond acceptors (Lipinski definition) is 4. The Morgan fingerprint density at radius 1 is 0.706 bits per heavy atom. The summed E-state index contributed by atoms with van der Waals surface area (Å²) < 4.78 is 6.08. The Bertz CT molecular complexity index is 610. The number of allylic oxidation sites excluding steroid dienone is 6. The fourth-order valence-corrected chi connectivity index (χ4v) is 4.15. The van der Waals surface area contributed by atoms with Crippen molar-refractivity contribution in [3.8, 4) is 0 Å². The van der Waals surface area contributed by atoms with Crippen molar-refractivity contribution in [3.63, 3.8) is 0 Å². The van der Waals surface area contributed by atoms with Crippen LogP contribution in [0.2, 0.25) is 0 Å². The molecule has 0 fully saturated rings. The molecule has 0 spiro atoms. The van der Waals surface area contributed by atoms with Gasteiger partial charge in [0.05, 0.1) is 26.0 Å². The molecule has 0 saturated heterocycles. The van der Waals surface area contributed by atoms with Gasteiger partial charge in [-0.3, -0.25) is 9.80 Å². The molecule has 0 radical (unpaired) electrons. The zero-order valence-electron chi connectivity index (χ0n) is 23.8. The molecule has 0 saturated carbocycles. The van der Waals surface area contributed by atoms with Gasteiger partial charge in [-0.15, -0.1) is 0 Å². The summed E-state index contributed by atoms with van der Waals surface area (Å²) in [7, 11) is 0. The van der Waals surface area contributed by atoms with Crippen LogP contribution < -0.4 is 0 Å². The molecule has 4 nitrogen and oxygen atoms in total. The van der Waals surface area contributed by atoms with Gasteiger partial charge in [-0.2, -0.15) is 0 Å². The molecule has 0 aliphatic heterocycles. The number of aliphatic hydroxyl groups is 1. The summed E-state index contributed by atoms with van der Waals surface area (Å²) in [4.78, 5) is 4.95. The maximum atomic E-state index is 9.72. The van der Waals surface area contributed by atoms with Crippen LogP contribution in [0.3, 0.4) is 0 Å². The standard InChI is InChI=1S/C30H56N2O2/c1-9-31(10-2)30(32(11-3)12-4)25-34-23-22-28(8)19-15-21-29(24-33)20-14-18-27(7)17-13-16-26(5)6/h16,18,21-22,30,33H,9-15,17,19-20,23-25H2,1-8H3. The normalized spacial score (nSPS) is 13.5. The van der Waals surface area contributed by atoms with Gasteiger partial charge in [-0.05, 0) is 98.0 Å². The summed E-state index contributed by atoms with van der Waals surface area (Å²) in [6.45, 7) is 23.3. The number of likely N-dealkylation sites (N-methyl/N-ethyl adjacent to an activating group) is 2. The predicted octanol–water partition coefficient (Wildman–Crippen LogP) is 7.13. The van der Waals surface area contributed by atoms with Gasteiger partial charge in [-0.1, -0.05) is 68.7 Å². The van der Waals surface area contributed by atoms with E-state index in [0.29, 0.717) is 12.8 Å². The van der Waals surface area contributed by atoms with E-state index in [-0.39, 0.29) is 6.61 Å². The molecule has 34 heavy (non-hydrogen) atoms. The van der Waals surface area contributed by atoms with Gasteiger partial charge >= 0.3 is 0 Å². The zero-order chi connectivity index (χ0) is 25.8. The highest BCUT2D eigenvalue weighted by Crippen LogP contribution is 2.14. The summed E-state index contributed by atoms with van der Waals surface area (Å²) in [5, 5.41) is 9.72. The van der Waals surface area contributed by atoms with Crippen molar-refractivity contribution >= 4 is 0 Å². The summed E-state index contributed by atoms with van der Waals surface area (Å²) in [6, 6.07) is 0. The fraction of sp³-hybridized carbons (Fsp3) is 0.733. The van der Waals surface area contributed by atoms with E-state index in [1.54, 1.807) is 0 Å². The topological polar surface area (TPSA) is 35.9 Å². The second-order valence-corrected chi connectivity index (χ2v) is 9.48. The number of hydrogen-bond donors (Lipinski definition) is 1. The Kier molecular flexibility index (Phi) is 20.4. The highest BCUT2D eigenvalue weighted by atomic mass is 16.5. The van der Waals surface area contributed by atoms with Crippen LogP contribution in [0.4, 0.5) is 0 Å². The first kappa shape index (κ1) is 32.8. The monoisotopic (exact) mass is 476 g/mol. The smallest absolute Gasteiger partial charge is 0.0863 e. The first-order chi connectivity index (χ1) is 16.3. The van der Waals surface area contributed by atoms with Crippen LogP contribution in [0, 0.1) is 0 Å². The average Bonchev–Trinajstić information content (AvgIpc) is 2.81. The number of ether oxygens (including phenoxy) is 1. The number of aliphatic hydroxyl groups excluding tert-OH is 1. The molecule has 0 aliphatic carbocycles. The van der Waals surface area contributed by atoms with Crippen molar-refractivity contribution in [2.75, 3.05) is 46.0 Å². The minimum Gasteiger partial charge on any atom is -0.392 e. The van der Waals surface area contributed by atoms with Crippen molar-refractivity contribution < 1.29 is 9.84 Å². The summed E-state index contributed by atoms with van der Waals surface area (Å²) in [5.41, 5.74) is 5.33. The molecular weight excluding hydrogens is 420 g/mol. The first-order valence-corrected chi connectivity index (χ1v) is 13.6. The third kappa shape index (κ3) is 15.7. The fourth-order valence-electron chi connectivity index (χ4n) is 4.15. The van der Waals surface area contributed by atoms with E-state index in [0.717, 1.165) is 76.9 Å². The Morgan fingerprint density at radius 3 is 1.71 bits per heavy atom. The van der Waals surface area contributed by atoms with Crippen molar-refractivity contribution in [1.29, 1.82) is 0 Å². The van der Waals surface area contributed by atoms with E-state index in [4.69, 9.17) is 4.74 Å². The Morgan fingerprint density at radius 2 is 1.21 bits per heavy atom. The van der Waals surface area contributed by atoms with Gasteiger partial charge in [0.2, 0.25) is 0 Å². The van der Waals surface area contributed by atoms with Crippen LogP contribution in [0.5, 0.6) is 0 Å². The minimum absolute atomic E-state index is 0.161. The molecule has 0 aromatic heterocycles. The van der Waals surface area contributed by atoms with E-state index in [9.17, 15) is 5.11 Å². The van der Waals surface area contributed by atoms with Gasteiger partial charge in [0.1, 0.15) is 0 Å². The van der Waals surface area contributed by atoms with E-state index < -0.39 is 0 Å². The van der Waals surface area contributed by atoms with Crippen LogP contribution in [0.15, 0.2) is 46.6 Å². The van der Waals surface area contributed by atoms with Gasteiger partial charge < -0.3 is 9.84 Å². The molecule has 0 unspecified atom stereocenters. The molecule has 0 aromatic rings.